The molecule has 4 nitrogen and oxygen atoms in total. The van der Waals surface area contributed by atoms with E-state index in [1.165, 1.54) is 0 Å². The van der Waals surface area contributed by atoms with Crippen molar-refractivity contribution in [2.45, 2.75) is 6.92 Å². The van der Waals surface area contributed by atoms with Crippen molar-refractivity contribution in [1.29, 1.82) is 0 Å². The lowest BCUT2D eigenvalue weighted by atomic mass is 10.1. The molecular formula is C19H18Cl2N2O2. The van der Waals surface area contributed by atoms with Crippen molar-refractivity contribution in [2.24, 2.45) is 0 Å². The highest BCUT2D eigenvalue weighted by atomic mass is 35.5. The lowest BCUT2D eigenvalue weighted by Gasteiger charge is -2.35. The lowest BCUT2D eigenvalue weighted by Crippen LogP contribution is -2.50. The van der Waals surface area contributed by atoms with Gasteiger partial charge in [0.15, 0.2) is 0 Å². The molecule has 1 fully saturated rings. The zero-order valence-electron chi connectivity index (χ0n) is 13.8. The zero-order valence-corrected chi connectivity index (χ0v) is 15.3. The Hall–Kier alpha value is -2.04. The molecule has 2 amide bonds. The van der Waals surface area contributed by atoms with Gasteiger partial charge in [-0.1, -0.05) is 40.9 Å². The van der Waals surface area contributed by atoms with Crippen LogP contribution >= 0.6 is 23.2 Å². The van der Waals surface area contributed by atoms with E-state index >= 15 is 0 Å². The standard InChI is InChI=1S/C19H18Cl2N2O2/c1-13-3-2-4-14(11-13)18(24)22-7-9-23(10-8-22)19(25)16-12-15(20)5-6-17(16)21/h2-6,11-12H,7-10H2,1H3. The fourth-order valence-electron chi connectivity index (χ4n) is 2.91. The van der Waals surface area contributed by atoms with E-state index in [9.17, 15) is 9.59 Å². The molecule has 0 unspecified atom stereocenters. The number of hydrogen-bond acceptors (Lipinski definition) is 2. The van der Waals surface area contributed by atoms with Crippen LogP contribution in [0, 0.1) is 6.92 Å². The Balaban J connectivity index is 1.66. The van der Waals surface area contributed by atoms with Crippen LogP contribution in [0.5, 0.6) is 0 Å². The summed E-state index contributed by atoms with van der Waals surface area (Å²) in [5.41, 5.74) is 2.13. The number of nitrogens with zero attached hydrogens (tertiary/aromatic N) is 2. The average molecular weight is 377 g/mol. The summed E-state index contributed by atoms with van der Waals surface area (Å²) in [5.74, 6) is -0.160. The highest BCUT2D eigenvalue weighted by Crippen LogP contribution is 2.23. The van der Waals surface area contributed by atoms with Crippen LogP contribution in [0.4, 0.5) is 0 Å². The number of carbonyl (C=O) groups excluding carboxylic acids is 2. The van der Waals surface area contributed by atoms with Crippen LogP contribution in [-0.4, -0.2) is 47.8 Å². The SMILES string of the molecule is Cc1cccc(C(=O)N2CCN(C(=O)c3cc(Cl)ccc3Cl)CC2)c1. The quantitative estimate of drug-likeness (QED) is 0.797. The molecule has 25 heavy (non-hydrogen) atoms. The van der Waals surface area contributed by atoms with Crippen molar-refractivity contribution in [1.82, 2.24) is 9.80 Å². The number of carbonyl (C=O) groups is 2. The van der Waals surface area contributed by atoms with Gasteiger partial charge in [-0.3, -0.25) is 9.59 Å². The molecule has 0 radical (unpaired) electrons. The van der Waals surface area contributed by atoms with Gasteiger partial charge in [-0.05, 0) is 37.3 Å². The number of hydrogen-bond donors (Lipinski definition) is 0. The summed E-state index contributed by atoms with van der Waals surface area (Å²) in [7, 11) is 0. The van der Waals surface area contributed by atoms with E-state index in [0.29, 0.717) is 47.4 Å². The Labute approximate surface area is 156 Å². The van der Waals surface area contributed by atoms with Crippen LogP contribution in [0.15, 0.2) is 42.5 Å². The van der Waals surface area contributed by atoms with Gasteiger partial charge in [0, 0.05) is 36.8 Å². The molecule has 2 aromatic rings. The van der Waals surface area contributed by atoms with Crippen molar-refractivity contribution in [3.8, 4) is 0 Å². The van der Waals surface area contributed by atoms with Gasteiger partial charge in [0.1, 0.15) is 0 Å². The summed E-state index contributed by atoms with van der Waals surface area (Å²) < 4.78 is 0. The minimum absolute atomic E-state index is 0.00316. The average Bonchev–Trinajstić information content (AvgIpc) is 2.62. The van der Waals surface area contributed by atoms with Gasteiger partial charge in [-0.25, -0.2) is 0 Å². The van der Waals surface area contributed by atoms with Gasteiger partial charge in [-0.15, -0.1) is 0 Å². The van der Waals surface area contributed by atoms with Crippen LogP contribution in [0.1, 0.15) is 26.3 Å². The Morgan fingerprint density at radius 3 is 2.16 bits per heavy atom. The third kappa shape index (κ3) is 3.97. The molecule has 0 bridgehead atoms. The predicted octanol–water partition coefficient (Wildman–Crippen LogP) is 3.90. The third-order valence-corrected chi connectivity index (χ3v) is 4.84. The molecule has 0 saturated carbocycles. The molecule has 0 aliphatic carbocycles. The summed E-state index contributed by atoms with van der Waals surface area (Å²) in [6.45, 7) is 3.90. The largest absolute Gasteiger partial charge is 0.335 e. The number of rotatable bonds is 2. The molecule has 0 atom stereocenters. The van der Waals surface area contributed by atoms with Crippen LogP contribution in [0.2, 0.25) is 10.0 Å². The Bertz CT molecular complexity index is 815. The number of benzene rings is 2. The predicted molar refractivity (Wildman–Crippen MR) is 99.4 cm³/mol. The molecule has 1 saturated heterocycles. The minimum atomic E-state index is -0.157. The molecule has 0 spiro atoms. The lowest BCUT2D eigenvalue weighted by molar-refractivity contribution is 0.0535. The molecule has 0 N–H and O–H groups in total. The van der Waals surface area contributed by atoms with E-state index in [-0.39, 0.29) is 11.8 Å². The van der Waals surface area contributed by atoms with Crippen LogP contribution in [-0.2, 0) is 0 Å². The van der Waals surface area contributed by atoms with Crippen LogP contribution < -0.4 is 0 Å². The van der Waals surface area contributed by atoms with Crippen LogP contribution in [0.25, 0.3) is 0 Å². The molecule has 6 heteroatoms. The molecule has 1 aliphatic heterocycles. The first-order chi connectivity index (χ1) is 12.0. The van der Waals surface area contributed by atoms with Gasteiger partial charge in [0.25, 0.3) is 11.8 Å². The molecule has 0 aromatic heterocycles. The van der Waals surface area contributed by atoms with Crippen molar-refractivity contribution < 1.29 is 9.59 Å². The van der Waals surface area contributed by atoms with E-state index < -0.39 is 0 Å². The first-order valence-electron chi connectivity index (χ1n) is 8.06. The minimum Gasteiger partial charge on any atom is -0.335 e. The number of halogens is 2. The molecule has 130 valence electrons. The molecule has 3 rings (SSSR count). The van der Waals surface area contributed by atoms with Gasteiger partial charge in [0.2, 0.25) is 0 Å². The van der Waals surface area contributed by atoms with Crippen molar-refractivity contribution >= 4 is 35.0 Å². The second kappa shape index (κ2) is 7.46. The number of amides is 2. The van der Waals surface area contributed by atoms with Crippen molar-refractivity contribution in [2.75, 3.05) is 26.2 Å². The van der Waals surface area contributed by atoms with Gasteiger partial charge < -0.3 is 9.80 Å². The molecular weight excluding hydrogens is 359 g/mol. The smallest absolute Gasteiger partial charge is 0.255 e. The maximum Gasteiger partial charge on any atom is 0.255 e. The monoisotopic (exact) mass is 376 g/mol. The number of aryl methyl sites for hydroxylation is 1. The first-order valence-corrected chi connectivity index (χ1v) is 8.81. The first kappa shape index (κ1) is 17.8. The molecule has 1 heterocycles. The highest BCUT2D eigenvalue weighted by molar-refractivity contribution is 6.35. The summed E-state index contributed by atoms with van der Waals surface area (Å²) >= 11 is 12.1. The normalized spacial score (nSPS) is 14.5. The summed E-state index contributed by atoms with van der Waals surface area (Å²) in [6.07, 6.45) is 0. The Kier molecular flexibility index (Phi) is 5.30. The Morgan fingerprint density at radius 2 is 1.52 bits per heavy atom. The van der Waals surface area contributed by atoms with Crippen molar-refractivity contribution in [3.05, 3.63) is 69.2 Å². The molecule has 1 aliphatic rings. The third-order valence-electron chi connectivity index (χ3n) is 4.28. The molecule has 2 aromatic carbocycles. The maximum atomic E-state index is 12.6. The van der Waals surface area contributed by atoms with E-state index in [0.717, 1.165) is 5.56 Å². The van der Waals surface area contributed by atoms with E-state index in [2.05, 4.69) is 0 Å². The second-order valence-electron chi connectivity index (χ2n) is 6.08. The van der Waals surface area contributed by atoms with Gasteiger partial charge in [0.05, 0.1) is 10.6 Å². The second-order valence-corrected chi connectivity index (χ2v) is 6.92. The van der Waals surface area contributed by atoms with Gasteiger partial charge >= 0.3 is 0 Å². The summed E-state index contributed by atoms with van der Waals surface area (Å²) in [5, 5.41) is 0.855. The number of piperazine rings is 1. The summed E-state index contributed by atoms with van der Waals surface area (Å²) in [4.78, 5) is 28.7. The maximum absolute atomic E-state index is 12.6. The zero-order chi connectivity index (χ0) is 18.0. The van der Waals surface area contributed by atoms with E-state index in [4.69, 9.17) is 23.2 Å². The summed E-state index contributed by atoms with van der Waals surface area (Å²) in [6, 6.07) is 12.4. The van der Waals surface area contributed by atoms with Crippen molar-refractivity contribution in [3.63, 3.8) is 0 Å². The van der Waals surface area contributed by atoms with Gasteiger partial charge in [-0.2, -0.15) is 0 Å². The Morgan fingerprint density at radius 1 is 0.880 bits per heavy atom. The van der Waals surface area contributed by atoms with E-state index in [1.54, 1.807) is 28.0 Å². The fourth-order valence-corrected chi connectivity index (χ4v) is 3.28. The highest BCUT2D eigenvalue weighted by Gasteiger charge is 2.26. The van der Waals surface area contributed by atoms with E-state index in [1.807, 2.05) is 31.2 Å². The van der Waals surface area contributed by atoms with Crippen LogP contribution in [0.3, 0.4) is 0 Å². The fraction of sp³-hybridized carbons (Fsp3) is 0.263. The topological polar surface area (TPSA) is 40.6 Å².